The van der Waals surface area contributed by atoms with E-state index in [1.807, 2.05) is 11.6 Å². The summed E-state index contributed by atoms with van der Waals surface area (Å²) in [6.07, 6.45) is 4.48. The third-order valence-corrected chi connectivity index (χ3v) is 3.68. The van der Waals surface area contributed by atoms with Crippen molar-refractivity contribution < 1.29 is 8.42 Å². The molecule has 0 aliphatic carbocycles. The highest BCUT2D eigenvalue weighted by Crippen LogP contribution is 2.26. The number of imidazole rings is 1. The van der Waals surface area contributed by atoms with Crippen molar-refractivity contribution >= 4 is 15.5 Å². The van der Waals surface area contributed by atoms with Crippen LogP contribution in [0.2, 0.25) is 0 Å². The zero-order valence-electron chi connectivity index (χ0n) is 9.58. The van der Waals surface area contributed by atoms with Crippen LogP contribution in [0, 0.1) is 0 Å². The van der Waals surface area contributed by atoms with Gasteiger partial charge in [0.05, 0.1) is 28.8 Å². The summed E-state index contributed by atoms with van der Waals surface area (Å²) in [6, 6.07) is 4.95. The summed E-state index contributed by atoms with van der Waals surface area (Å²) in [6.45, 7) is 0. The SMILES string of the molecule is Cn1cncc1-c1ccc(N)c(S(C)(=O)=O)c1. The first-order valence-electron chi connectivity index (χ1n) is 4.96. The minimum absolute atomic E-state index is 0.149. The van der Waals surface area contributed by atoms with E-state index in [0.717, 1.165) is 17.5 Å². The molecule has 0 saturated heterocycles. The van der Waals surface area contributed by atoms with Crippen molar-refractivity contribution in [2.45, 2.75) is 4.90 Å². The summed E-state index contributed by atoms with van der Waals surface area (Å²) in [7, 11) is -1.47. The van der Waals surface area contributed by atoms with Gasteiger partial charge in [-0.2, -0.15) is 0 Å². The first kappa shape index (κ1) is 11.7. The lowest BCUT2D eigenvalue weighted by atomic mass is 10.1. The molecule has 90 valence electrons. The van der Waals surface area contributed by atoms with Crippen LogP contribution in [0.25, 0.3) is 11.3 Å². The molecule has 0 aliphatic rings. The second kappa shape index (κ2) is 3.89. The smallest absolute Gasteiger partial charge is 0.177 e. The molecule has 2 rings (SSSR count). The molecule has 2 N–H and O–H groups in total. The summed E-state index contributed by atoms with van der Waals surface area (Å²) in [5, 5.41) is 0. The van der Waals surface area contributed by atoms with E-state index in [0.29, 0.717) is 0 Å². The maximum absolute atomic E-state index is 11.6. The van der Waals surface area contributed by atoms with Crippen molar-refractivity contribution in [2.75, 3.05) is 12.0 Å². The van der Waals surface area contributed by atoms with E-state index in [9.17, 15) is 8.42 Å². The molecule has 0 fully saturated rings. The number of anilines is 1. The van der Waals surface area contributed by atoms with Gasteiger partial charge in [-0.25, -0.2) is 13.4 Å². The molecule has 0 spiro atoms. The predicted molar refractivity (Wildman–Crippen MR) is 66.2 cm³/mol. The van der Waals surface area contributed by atoms with Crippen LogP contribution in [0.1, 0.15) is 0 Å². The number of hydrogen-bond acceptors (Lipinski definition) is 4. The number of hydrogen-bond donors (Lipinski definition) is 1. The quantitative estimate of drug-likeness (QED) is 0.810. The minimum Gasteiger partial charge on any atom is -0.398 e. The topological polar surface area (TPSA) is 78.0 Å². The largest absolute Gasteiger partial charge is 0.398 e. The van der Waals surface area contributed by atoms with Crippen molar-refractivity contribution in [3.63, 3.8) is 0 Å². The first-order valence-corrected chi connectivity index (χ1v) is 6.85. The van der Waals surface area contributed by atoms with E-state index in [2.05, 4.69) is 4.98 Å². The van der Waals surface area contributed by atoms with Gasteiger partial charge in [-0.05, 0) is 12.1 Å². The predicted octanol–water partition coefficient (Wildman–Crippen LogP) is 1.07. The summed E-state index contributed by atoms with van der Waals surface area (Å²) in [4.78, 5) is 4.14. The molecule has 0 amide bonds. The summed E-state index contributed by atoms with van der Waals surface area (Å²) >= 11 is 0. The van der Waals surface area contributed by atoms with Gasteiger partial charge in [0.25, 0.3) is 0 Å². The summed E-state index contributed by atoms with van der Waals surface area (Å²) in [5.41, 5.74) is 7.55. The van der Waals surface area contributed by atoms with Gasteiger partial charge in [0, 0.05) is 18.9 Å². The fourth-order valence-electron chi connectivity index (χ4n) is 1.65. The third-order valence-electron chi connectivity index (χ3n) is 2.53. The van der Waals surface area contributed by atoms with Crippen LogP contribution in [0.4, 0.5) is 5.69 Å². The maximum Gasteiger partial charge on any atom is 0.177 e. The van der Waals surface area contributed by atoms with Crippen LogP contribution in [-0.4, -0.2) is 24.2 Å². The Morgan fingerprint density at radius 3 is 2.59 bits per heavy atom. The Labute approximate surface area is 99.8 Å². The Morgan fingerprint density at radius 2 is 2.06 bits per heavy atom. The number of nitrogens with two attached hydrogens (primary N) is 1. The van der Waals surface area contributed by atoms with E-state index in [-0.39, 0.29) is 10.6 Å². The molecular formula is C11H13N3O2S. The lowest BCUT2D eigenvalue weighted by Gasteiger charge is -2.07. The van der Waals surface area contributed by atoms with Crippen LogP contribution in [-0.2, 0) is 16.9 Å². The third kappa shape index (κ3) is 2.16. The van der Waals surface area contributed by atoms with Crippen molar-refractivity contribution in [1.29, 1.82) is 0 Å². The van der Waals surface area contributed by atoms with Gasteiger partial charge in [-0.1, -0.05) is 6.07 Å². The van der Waals surface area contributed by atoms with Crippen LogP contribution in [0.15, 0.2) is 35.6 Å². The molecule has 6 heteroatoms. The molecule has 0 bridgehead atoms. The average Bonchev–Trinajstić information content (AvgIpc) is 2.63. The van der Waals surface area contributed by atoms with E-state index < -0.39 is 9.84 Å². The summed E-state index contributed by atoms with van der Waals surface area (Å²) < 4.78 is 24.9. The number of benzene rings is 1. The van der Waals surface area contributed by atoms with Crippen molar-refractivity contribution in [3.05, 3.63) is 30.7 Å². The van der Waals surface area contributed by atoms with Crippen LogP contribution in [0.3, 0.4) is 0 Å². The second-order valence-electron chi connectivity index (χ2n) is 3.91. The van der Waals surface area contributed by atoms with Crippen LogP contribution >= 0.6 is 0 Å². The number of nitrogens with zero attached hydrogens (tertiary/aromatic N) is 2. The highest BCUT2D eigenvalue weighted by atomic mass is 32.2. The van der Waals surface area contributed by atoms with Crippen molar-refractivity contribution in [1.82, 2.24) is 9.55 Å². The molecule has 0 unspecified atom stereocenters. The average molecular weight is 251 g/mol. The lowest BCUT2D eigenvalue weighted by Crippen LogP contribution is -2.03. The normalized spacial score (nSPS) is 11.6. The first-order chi connectivity index (χ1) is 7.89. The molecule has 0 aliphatic heterocycles. The van der Waals surface area contributed by atoms with Crippen molar-refractivity contribution in [3.8, 4) is 11.3 Å². The molecule has 17 heavy (non-hydrogen) atoms. The zero-order valence-corrected chi connectivity index (χ0v) is 10.4. The Hall–Kier alpha value is -1.82. The molecule has 0 radical (unpaired) electrons. The number of aromatic nitrogens is 2. The molecule has 5 nitrogen and oxygen atoms in total. The monoisotopic (exact) mass is 251 g/mol. The van der Waals surface area contributed by atoms with Gasteiger partial charge in [-0.3, -0.25) is 0 Å². The highest BCUT2D eigenvalue weighted by molar-refractivity contribution is 7.90. The zero-order chi connectivity index (χ0) is 12.6. The fourth-order valence-corrected chi connectivity index (χ4v) is 2.49. The fraction of sp³-hybridized carbons (Fsp3) is 0.182. The number of rotatable bonds is 2. The molecular weight excluding hydrogens is 238 g/mol. The van der Waals surface area contributed by atoms with Gasteiger partial charge in [0.1, 0.15) is 0 Å². The van der Waals surface area contributed by atoms with Gasteiger partial charge in [-0.15, -0.1) is 0 Å². The lowest BCUT2D eigenvalue weighted by molar-refractivity contribution is 0.602. The van der Waals surface area contributed by atoms with E-state index in [4.69, 9.17) is 5.73 Å². The van der Waals surface area contributed by atoms with Crippen LogP contribution in [0.5, 0.6) is 0 Å². The minimum atomic E-state index is -3.31. The van der Waals surface area contributed by atoms with Gasteiger partial charge < -0.3 is 10.3 Å². The summed E-state index contributed by atoms with van der Waals surface area (Å²) in [5.74, 6) is 0. The Balaban J connectivity index is 2.64. The molecule has 2 aromatic rings. The van der Waals surface area contributed by atoms with E-state index in [1.165, 1.54) is 0 Å². The highest BCUT2D eigenvalue weighted by Gasteiger charge is 2.13. The Bertz CT molecular complexity index is 659. The molecule has 0 atom stereocenters. The Morgan fingerprint density at radius 1 is 1.35 bits per heavy atom. The van der Waals surface area contributed by atoms with E-state index >= 15 is 0 Å². The van der Waals surface area contributed by atoms with Crippen LogP contribution < -0.4 is 5.73 Å². The van der Waals surface area contributed by atoms with Gasteiger partial charge in [0.15, 0.2) is 9.84 Å². The van der Waals surface area contributed by atoms with E-state index in [1.54, 1.807) is 30.7 Å². The van der Waals surface area contributed by atoms with Gasteiger partial charge in [0.2, 0.25) is 0 Å². The standard InChI is InChI=1S/C11H13N3O2S/c1-14-7-13-6-10(14)8-3-4-9(12)11(5-8)17(2,15)16/h3-7H,12H2,1-2H3. The molecule has 0 saturated carbocycles. The van der Waals surface area contributed by atoms with Crippen molar-refractivity contribution in [2.24, 2.45) is 7.05 Å². The number of aryl methyl sites for hydroxylation is 1. The Kier molecular flexibility index (Phi) is 2.66. The number of sulfone groups is 1. The molecule has 1 heterocycles. The second-order valence-corrected chi connectivity index (χ2v) is 5.90. The number of nitrogen functional groups attached to an aromatic ring is 1. The molecule has 1 aromatic carbocycles. The molecule has 1 aromatic heterocycles. The van der Waals surface area contributed by atoms with Gasteiger partial charge >= 0.3 is 0 Å². The maximum atomic E-state index is 11.6.